The molecule has 38 heavy (non-hydrogen) atoms. The average molecular weight is 543 g/mol. The molecular formula is C29H42N4O4S. The van der Waals surface area contributed by atoms with Crippen molar-refractivity contribution >= 4 is 29.4 Å². The van der Waals surface area contributed by atoms with Crippen LogP contribution in [0.2, 0.25) is 0 Å². The fourth-order valence-electron chi connectivity index (χ4n) is 4.48. The van der Waals surface area contributed by atoms with Crippen molar-refractivity contribution in [3.63, 3.8) is 0 Å². The summed E-state index contributed by atoms with van der Waals surface area (Å²) in [6, 6.07) is 14.9. The normalized spacial score (nSPS) is 15.0. The van der Waals surface area contributed by atoms with Crippen LogP contribution in [0.15, 0.2) is 53.4 Å². The highest BCUT2D eigenvalue weighted by Crippen LogP contribution is 2.29. The number of nitrogens with zero attached hydrogens (tertiary/aromatic N) is 2. The van der Waals surface area contributed by atoms with Gasteiger partial charge in [-0.15, -0.1) is 0 Å². The summed E-state index contributed by atoms with van der Waals surface area (Å²) in [5.74, 6) is -0.567. The number of anilines is 1. The van der Waals surface area contributed by atoms with E-state index in [9.17, 15) is 14.8 Å². The Bertz CT molecular complexity index is 995. The van der Waals surface area contributed by atoms with Crippen LogP contribution in [0.5, 0.6) is 0 Å². The Morgan fingerprint density at radius 2 is 1.74 bits per heavy atom. The van der Waals surface area contributed by atoms with Gasteiger partial charge in [0.15, 0.2) is 0 Å². The quantitative estimate of drug-likeness (QED) is 0.136. The standard InChI is InChI=1S/C29H42N4O4S/c1-4-5-6-7-23-8-10-24(11-9-23)28(34)30-25-12-14-26(15-13-25)38-33(27(22(2)3)29(35)31-36)17-16-32-18-20-37-21-19-32/h8-15,22,27,36H,4-7,16-21H2,1-3H3,(H,30,34)(H,31,35)/t27-/m1/s1. The fourth-order valence-corrected chi connectivity index (χ4v) is 5.63. The molecular weight excluding hydrogens is 500 g/mol. The molecule has 2 aromatic rings. The van der Waals surface area contributed by atoms with E-state index in [4.69, 9.17) is 4.74 Å². The molecule has 1 atom stereocenters. The van der Waals surface area contributed by atoms with Crippen molar-refractivity contribution in [2.75, 3.05) is 44.7 Å². The second kappa shape index (κ2) is 15.9. The van der Waals surface area contributed by atoms with Crippen molar-refractivity contribution in [3.8, 4) is 0 Å². The first-order chi connectivity index (χ1) is 18.4. The van der Waals surface area contributed by atoms with Crippen LogP contribution in [0.1, 0.15) is 56.0 Å². The topological polar surface area (TPSA) is 94.1 Å². The molecule has 1 saturated heterocycles. The van der Waals surface area contributed by atoms with Gasteiger partial charge in [0, 0.05) is 42.3 Å². The van der Waals surface area contributed by atoms with Crippen LogP contribution >= 0.6 is 11.9 Å². The lowest BCUT2D eigenvalue weighted by atomic mass is 10.0. The molecule has 2 amide bonds. The van der Waals surface area contributed by atoms with Gasteiger partial charge in [0.05, 0.1) is 13.2 Å². The van der Waals surface area contributed by atoms with E-state index in [1.54, 1.807) is 0 Å². The number of aryl methyl sites for hydroxylation is 1. The second-order valence-corrected chi connectivity index (χ2v) is 11.1. The van der Waals surface area contributed by atoms with E-state index in [-0.39, 0.29) is 11.8 Å². The van der Waals surface area contributed by atoms with Crippen LogP contribution in [-0.2, 0) is 16.0 Å². The summed E-state index contributed by atoms with van der Waals surface area (Å²) < 4.78 is 7.47. The maximum atomic E-state index is 12.8. The molecule has 1 heterocycles. The van der Waals surface area contributed by atoms with Gasteiger partial charge in [-0.3, -0.25) is 19.7 Å². The molecule has 1 aliphatic heterocycles. The predicted molar refractivity (Wildman–Crippen MR) is 152 cm³/mol. The first-order valence-electron chi connectivity index (χ1n) is 13.6. The maximum Gasteiger partial charge on any atom is 0.261 e. The van der Waals surface area contributed by atoms with Crippen LogP contribution in [0.25, 0.3) is 0 Å². The molecule has 0 unspecified atom stereocenters. The zero-order valence-electron chi connectivity index (χ0n) is 22.8. The van der Waals surface area contributed by atoms with Gasteiger partial charge in [-0.1, -0.05) is 45.7 Å². The summed E-state index contributed by atoms with van der Waals surface area (Å²) in [4.78, 5) is 28.5. The summed E-state index contributed by atoms with van der Waals surface area (Å²) in [5, 5.41) is 12.3. The molecule has 9 heteroatoms. The number of carbonyl (C=O) groups is 2. The van der Waals surface area contributed by atoms with E-state index in [2.05, 4.69) is 17.1 Å². The molecule has 0 radical (unpaired) electrons. The first kappa shape index (κ1) is 30.1. The van der Waals surface area contributed by atoms with Crippen LogP contribution in [0.4, 0.5) is 5.69 Å². The lowest BCUT2D eigenvalue weighted by Gasteiger charge is -2.34. The van der Waals surface area contributed by atoms with E-state index in [1.165, 1.54) is 36.8 Å². The zero-order valence-corrected chi connectivity index (χ0v) is 23.6. The van der Waals surface area contributed by atoms with Crippen LogP contribution in [0.3, 0.4) is 0 Å². The third kappa shape index (κ3) is 9.39. The van der Waals surface area contributed by atoms with Gasteiger partial charge in [-0.25, -0.2) is 9.79 Å². The molecule has 0 spiro atoms. The Kier molecular flexibility index (Phi) is 12.6. The molecule has 1 aliphatic rings. The highest BCUT2D eigenvalue weighted by Gasteiger charge is 2.30. The zero-order chi connectivity index (χ0) is 27.3. The van der Waals surface area contributed by atoms with E-state index in [0.29, 0.717) is 31.0 Å². The highest BCUT2D eigenvalue weighted by molar-refractivity contribution is 7.97. The van der Waals surface area contributed by atoms with Crippen molar-refractivity contribution in [1.29, 1.82) is 0 Å². The number of hydrogen-bond donors (Lipinski definition) is 3. The van der Waals surface area contributed by atoms with E-state index in [0.717, 1.165) is 31.0 Å². The van der Waals surface area contributed by atoms with Crippen molar-refractivity contribution < 1.29 is 19.5 Å². The van der Waals surface area contributed by atoms with Crippen LogP contribution in [-0.4, -0.2) is 71.7 Å². The SMILES string of the molecule is CCCCCc1ccc(C(=O)Nc2ccc(SN(CCN3CCOCC3)[C@@H](C(=O)NO)C(C)C)cc2)cc1. The molecule has 2 aromatic carbocycles. The van der Waals surface area contributed by atoms with E-state index >= 15 is 0 Å². The van der Waals surface area contributed by atoms with Crippen molar-refractivity contribution in [3.05, 3.63) is 59.7 Å². The molecule has 0 saturated carbocycles. The molecule has 8 nitrogen and oxygen atoms in total. The monoisotopic (exact) mass is 542 g/mol. The number of hydrogen-bond acceptors (Lipinski definition) is 7. The molecule has 0 bridgehead atoms. The number of amides is 2. The number of morpholine rings is 1. The second-order valence-electron chi connectivity index (χ2n) is 9.98. The number of ether oxygens (including phenoxy) is 1. The number of benzene rings is 2. The molecule has 3 N–H and O–H groups in total. The van der Waals surface area contributed by atoms with E-state index < -0.39 is 11.9 Å². The minimum Gasteiger partial charge on any atom is -0.379 e. The predicted octanol–water partition coefficient (Wildman–Crippen LogP) is 4.84. The largest absolute Gasteiger partial charge is 0.379 e. The summed E-state index contributed by atoms with van der Waals surface area (Å²) >= 11 is 1.48. The first-order valence-corrected chi connectivity index (χ1v) is 14.4. The summed E-state index contributed by atoms with van der Waals surface area (Å²) in [5.41, 5.74) is 4.43. The van der Waals surface area contributed by atoms with Gasteiger partial charge in [-0.2, -0.15) is 0 Å². The third-order valence-electron chi connectivity index (χ3n) is 6.68. The highest BCUT2D eigenvalue weighted by atomic mass is 32.2. The summed E-state index contributed by atoms with van der Waals surface area (Å²) in [6.07, 6.45) is 4.62. The molecule has 0 aromatic heterocycles. The van der Waals surface area contributed by atoms with Gasteiger partial charge in [-0.05, 0) is 72.7 Å². The maximum absolute atomic E-state index is 12.8. The molecule has 1 fully saturated rings. The third-order valence-corrected chi connectivity index (χ3v) is 7.81. The Labute approximate surface area is 231 Å². The molecule has 3 rings (SSSR count). The Morgan fingerprint density at radius 3 is 2.34 bits per heavy atom. The number of hydroxylamine groups is 1. The number of unbranched alkanes of at least 4 members (excludes halogenated alkanes) is 2. The Balaban J connectivity index is 1.62. The number of nitrogens with one attached hydrogen (secondary N) is 2. The van der Waals surface area contributed by atoms with Crippen molar-refractivity contribution in [2.45, 2.75) is 57.4 Å². The smallest absolute Gasteiger partial charge is 0.261 e. The molecule has 208 valence electrons. The van der Waals surface area contributed by atoms with Gasteiger partial charge < -0.3 is 10.1 Å². The number of carbonyl (C=O) groups excluding carboxylic acids is 2. The van der Waals surface area contributed by atoms with Crippen molar-refractivity contribution in [2.24, 2.45) is 5.92 Å². The van der Waals surface area contributed by atoms with Crippen molar-refractivity contribution in [1.82, 2.24) is 14.7 Å². The average Bonchev–Trinajstić information content (AvgIpc) is 2.93. The Hall–Kier alpha value is -2.43. The van der Waals surface area contributed by atoms with Crippen LogP contribution in [0, 0.1) is 5.92 Å². The van der Waals surface area contributed by atoms with Gasteiger partial charge in [0.25, 0.3) is 11.8 Å². The lowest BCUT2D eigenvalue weighted by molar-refractivity contribution is -0.134. The van der Waals surface area contributed by atoms with Crippen LogP contribution < -0.4 is 10.8 Å². The Morgan fingerprint density at radius 1 is 1.05 bits per heavy atom. The molecule has 0 aliphatic carbocycles. The minimum absolute atomic E-state index is 0.00377. The van der Waals surface area contributed by atoms with Gasteiger partial charge in [0.2, 0.25) is 0 Å². The fraction of sp³-hybridized carbons (Fsp3) is 0.517. The summed E-state index contributed by atoms with van der Waals surface area (Å²) in [6.45, 7) is 10.7. The van der Waals surface area contributed by atoms with Gasteiger partial charge in [0.1, 0.15) is 6.04 Å². The summed E-state index contributed by atoms with van der Waals surface area (Å²) in [7, 11) is 0. The minimum atomic E-state index is -0.504. The number of rotatable bonds is 14. The lowest BCUT2D eigenvalue weighted by Crippen LogP contribution is -2.49. The van der Waals surface area contributed by atoms with Gasteiger partial charge >= 0.3 is 0 Å². The van der Waals surface area contributed by atoms with E-state index in [1.807, 2.05) is 72.2 Å².